The van der Waals surface area contributed by atoms with Crippen molar-refractivity contribution in [2.45, 2.75) is 32.9 Å². The number of carbonyl (C=O) groups excluding carboxylic acids is 1. The third-order valence-corrected chi connectivity index (χ3v) is 4.25. The van der Waals surface area contributed by atoms with E-state index >= 15 is 0 Å². The highest BCUT2D eigenvalue weighted by atomic mass is 35.5. The zero-order chi connectivity index (χ0) is 17.1. The van der Waals surface area contributed by atoms with Crippen molar-refractivity contribution in [3.8, 4) is 0 Å². The maximum Gasteiger partial charge on any atom is 0.224 e. The lowest BCUT2D eigenvalue weighted by atomic mass is 10.1. The molecule has 5 heteroatoms. The van der Waals surface area contributed by atoms with Gasteiger partial charge >= 0.3 is 0 Å². The van der Waals surface area contributed by atoms with Crippen molar-refractivity contribution >= 4 is 28.5 Å². The molecule has 124 valence electrons. The van der Waals surface area contributed by atoms with E-state index in [0.717, 1.165) is 29.0 Å². The maximum atomic E-state index is 12.3. The van der Waals surface area contributed by atoms with Crippen LogP contribution in [0.4, 0.5) is 0 Å². The topological polar surface area (TPSA) is 46.9 Å². The van der Waals surface area contributed by atoms with Crippen molar-refractivity contribution in [2.75, 3.05) is 0 Å². The van der Waals surface area contributed by atoms with Crippen LogP contribution in [-0.4, -0.2) is 15.5 Å². The van der Waals surface area contributed by atoms with E-state index in [2.05, 4.69) is 27.9 Å². The summed E-state index contributed by atoms with van der Waals surface area (Å²) < 4.78 is 2.14. The summed E-state index contributed by atoms with van der Waals surface area (Å²) in [4.78, 5) is 17.0. The molecule has 0 aliphatic heterocycles. The Hall–Kier alpha value is -2.33. The summed E-state index contributed by atoms with van der Waals surface area (Å²) in [6.07, 6.45) is 0.303. The quantitative estimate of drug-likeness (QED) is 0.758. The summed E-state index contributed by atoms with van der Waals surface area (Å²) in [6, 6.07) is 15.2. The Bertz CT molecular complexity index is 872. The lowest BCUT2D eigenvalue weighted by Gasteiger charge is -2.15. The second-order valence-corrected chi connectivity index (χ2v) is 6.24. The molecule has 0 bridgehead atoms. The molecule has 3 aromatic rings. The fraction of sp³-hybridized carbons (Fsp3) is 0.263. The number of hydrogen-bond donors (Lipinski definition) is 1. The Balaban J connectivity index is 1.77. The van der Waals surface area contributed by atoms with Crippen molar-refractivity contribution in [1.82, 2.24) is 14.9 Å². The van der Waals surface area contributed by atoms with Crippen molar-refractivity contribution in [2.24, 2.45) is 0 Å². The number of para-hydroxylation sites is 2. The highest BCUT2D eigenvalue weighted by Gasteiger charge is 2.17. The van der Waals surface area contributed by atoms with Gasteiger partial charge in [-0.25, -0.2) is 4.98 Å². The summed E-state index contributed by atoms with van der Waals surface area (Å²) in [5.74, 6) is 0.831. The van der Waals surface area contributed by atoms with Gasteiger partial charge in [0.25, 0.3) is 0 Å². The van der Waals surface area contributed by atoms with Crippen LogP contribution < -0.4 is 5.32 Å². The summed E-state index contributed by atoms with van der Waals surface area (Å²) >= 11 is 5.97. The number of benzene rings is 2. The second-order valence-electron chi connectivity index (χ2n) is 5.80. The smallest absolute Gasteiger partial charge is 0.224 e. The maximum absolute atomic E-state index is 12.3. The molecule has 0 radical (unpaired) electrons. The van der Waals surface area contributed by atoms with Crippen LogP contribution in [-0.2, 0) is 17.8 Å². The Labute approximate surface area is 146 Å². The van der Waals surface area contributed by atoms with Gasteiger partial charge in [-0.2, -0.15) is 0 Å². The first-order valence-electron chi connectivity index (χ1n) is 8.07. The number of rotatable bonds is 5. The van der Waals surface area contributed by atoms with Crippen LogP contribution in [0.5, 0.6) is 0 Å². The monoisotopic (exact) mass is 341 g/mol. The Morgan fingerprint density at radius 1 is 1.25 bits per heavy atom. The van der Waals surface area contributed by atoms with Crippen LogP contribution in [0.15, 0.2) is 48.5 Å². The van der Waals surface area contributed by atoms with E-state index in [1.54, 1.807) is 6.07 Å². The molecule has 2 aromatic carbocycles. The molecule has 0 spiro atoms. The highest BCUT2D eigenvalue weighted by Crippen LogP contribution is 2.21. The van der Waals surface area contributed by atoms with Gasteiger partial charge < -0.3 is 9.88 Å². The van der Waals surface area contributed by atoms with Gasteiger partial charge in [0, 0.05) is 11.6 Å². The normalized spacial score (nSPS) is 12.3. The van der Waals surface area contributed by atoms with Gasteiger partial charge in [0.05, 0.1) is 23.5 Å². The van der Waals surface area contributed by atoms with Crippen molar-refractivity contribution in [1.29, 1.82) is 0 Å². The molecule has 1 heterocycles. The lowest BCUT2D eigenvalue weighted by Crippen LogP contribution is -2.30. The average Bonchev–Trinajstić information content (AvgIpc) is 2.93. The van der Waals surface area contributed by atoms with Crippen LogP contribution >= 0.6 is 11.6 Å². The number of aryl methyl sites for hydroxylation is 1. The Morgan fingerprint density at radius 3 is 2.79 bits per heavy atom. The van der Waals surface area contributed by atoms with Gasteiger partial charge in [0.1, 0.15) is 5.82 Å². The first-order valence-corrected chi connectivity index (χ1v) is 8.45. The van der Waals surface area contributed by atoms with Crippen molar-refractivity contribution in [3.63, 3.8) is 0 Å². The van der Waals surface area contributed by atoms with Gasteiger partial charge in [0.15, 0.2) is 0 Å². The molecule has 0 aliphatic rings. The van der Waals surface area contributed by atoms with Crippen molar-refractivity contribution < 1.29 is 4.79 Å². The number of halogens is 1. The molecular formula is C19H20ClN3O. The summed E-state index contributed by atoms with van der Waals surface area (Å²) in [6.45, 7) is 4.85. The summed E-state index contributed by atoms with van der Waals surface area (Å²) in [5.41, 5.74) is 2.94. The molecule has 24 heavy (non-hydrogen) atoms. The molecule has 0 aliphatic carbocycles. The number of carbonyl (C=O) groups is 1. The number of amides is 1. The molecular weight excluding hydrogens is 322 g/mol. The number of nitrogens with one attached hydrogen (secondary N) is 1. The Morgan fingerprint density at radius 2 is 2.04 bits per heavy atom. The number of fused-ring (bicyclic) bond motifs is 1. The molecule has 3 rings (SSSR count). The van der Waals surface area contributed by atoms with Crippen LogP contribution in [0.2, 0.25) is 5.02 Å². The first kappa shape index (κ1) is 16.5. The SMILES string of the molecule is CCn1c(C(C)NC(=O)Cc2cccc(Cl)c2)nc2ccccc21. The standard InChI is InChI=1S/C19H20ClN3O/c1-3-23-17-10-5-4-9-16(17)22-19(23)13(2)21-18(24)12-14-7-6-8-15(20)11-14/h4-11,13H,3,12H2,1-2H3,(H,21,24). The summed E-state index contributed by atoms with van der Waals surface area (Å²) in [7, 11) is 0. The summed E-state index contributed by atoms with van der Waals surface area (Å²) in [5, 5.41) is 3.67. The average molecular weight is 342 g/mol. The highest BCUT2D eigenvalue weighted by molar-refractivity contribution is 6.30. The van der Waals surface area contributed by atoms with E-state index in [1.807, 2.05) is 43.3 Å². The van der Waals surface area contributed by atoms with Crippen LogP contribution in [0.3, 0.4) is 0 Å². The minimum absolute atomic E-state index is 0.0422. The lowest BCUT2D eigenvalue weighted by molar-refractivity contribution is -0.121. The zero-order valence-corrected chi connectivity index (χ0v) is 14.5. The number of aromatic nitrogens is 2. The van der Waals surface area contributed by atoms with Crippen LogP contribution in [0.25, 0.3) is 11.0 Å². The van der Waals surface area contributed by atoms with Gasteiger partial charge in [-0.05, 0) is 43.7 Å². The van der Waals surface area contributed by atoms with E-state index < -0.39 is 0 Å². The predicted octanol–water partition coefficient (Wildman–Crippen LogP) is 4.13. The van der Waals surface area contributed by atoms with E-state index in [9.17, 15) is 4.79 Å². The molecule has 1 aromatic heterocycles. The second kappa shape index (κ2) is 7.05. The third-order valence-electron chi connectivity index (χ3n) is 4.02. The fourth-order valence-electron chi connectivity index (χ4n) is 2.95. The third kappa shape index (κ3) is 3.44. The zero-order valence-electron chi connectivity index (χ0n) is 13.8. The van der Waals surface area contributed by atoms with E-state index in [4.69, 9.17) is 11.6 Å². The van der Waals surface area contributed by atoms with Crippen molar-refractivity contribution in [3.05, 3.63) is 64.9 Å². The minimum Gasteiger partial charge on any atom is -0.346 e. The molecule has 0 saturated carbocycles. The number of imidazole rings is 1. The predicted molar refractivity (Wildman–Crippen MR) is 97.1 cm³/mol. The van der Waals surface area contributed by atoms with Crippen LogP contribution in [0, 0.1) is 0 Å². The fourth-order valence-corrected chi connectivity index (χ4v) is 3.16. The van der Waals surface area contributed by atoms with Gasteiger partial charge in [-0.3, -0.25) is 4.79 Å². The minimum atomic E-state index is -0.163. The molecule has 1 amide bonds. The first-order chi connectivity index (χ1) is 11.6. The molecule has 1 atom stereocenters. The van der Waals surface area contributed by atoms with E-state index in [1.165, 1.54) is 0 Å². The molecule has 1 unspecified atom stereocenters. The van der Waals surface area contributed by atoms with E-state index in [-0.39, 0.29) is 11.9 Å². The number of nitrogens with zero attached hydrogens (tertiary/aromatic N) is 2. The molecule has 1 N–H and O–H groups in total. The van der Waals surface area contributed by atoms with Gasteiger partial charge in [0.2, 0.25) is 5.91 Å². The molecule has 4 nitrogen and oxygen atoms in total. The molecule has 0 saturated heterocycles. The largest absolute Gasteiger partial charge is 0.346 e. The van der Waals surface area contributed by atoms with Gasteiger partial charge in [-0.15, -0.1) is 0 Å². The van der Waals surface area contributed by atoms with Gasteiger partial charge in [-0.1, -0.05) is 35.9 Å². The van der Waals surface area contributed by atoms with E-state index in [0.29, 0.717) is 11.4 Å². The molecule has 0 fully saturated rings. The van der Waals surface area contributed by atoms with Crippen LogP contribution in [0.1, 0.15) is 31.3 Å². The Kier molecular flexibility index (Phi) is 4.86. The number of hydrogen-bond acceptors (Lipinski definition) is 2.